The molecule has 0 bridgehead atoms. The van der Waals surface area contributed by atoms with E-state index in [2.05, 4.69) is 31.0 Å². The van der Waals surface area contributed by atoms with Gasteiger partial charge in [-0.05, 0) is 43.5 Å². The van der Waals surface area contributed by atoms with Crippen molar-refractivity contribution < 1.29 is 0 Å². The summed E-state index contributed by atoms with van der Waals surface area (Å²) in [7, 11) is 0. The second-order valence-corrected chi connectivity index (χ2v) is 5.17. The molecular weight excluding hydrogens is 246 g/mol. The molecule has 0 saturated heterocycles. The third-order valence-electron chi connectivity index (χ3n) is 3.66. The van der Waals surface area contributed by atoms with Crippen LogP contribution < -0.4 is 5.73 Å². The largest absolute Gasteiger partial charge is 0.383 e. The van der Waals surface area contributed by atoms with E-state index in [-0.39, 0.29) is 0 Å². The fraction of sp³-hybridized carbons (Fsp3) is 0.176. The minimum atomic E-state index is 0.538. The van der Waals surface area contributed by atoms with E-state index in [4.69, 9.17) is 10.7 Å². The van der Waals surface area contributed by atoms with Crippen molar-refractivity contribution >= 4 is 16.7 Å². The van der Waals surface area contributed by atoms with E-state index in [0.717, 1.165) is 33.2 Å². The van der Waals surface area contributed by atoms with Gasteiger partial charge in [0, 0.05) is 10.9 Å². The van der Waals surface area contributed by atoms with Gasteiger partial charge in [-0.25, -0.2) is 9.97 Å². The van der Waals surface area contributed by atoms with Gasteiger partial charge in [-0.15, -0.1) is 0 Å². The molecule has 1 heterocycles. The number of aryl methyl sites for hydroxylation is 3. The van der Waals surface area contributed by atoms with Crippen LogP contribution in [0.4, 0.5) is 5.82 Å². The molecule has 0 spiro atoms. The number of anilines is 1. The average Bonchev–Trinajstić information content (AvgIpc) is 2.40. The molecule has 0 aliphatic rings. The number of hydrogen-bond acceptors (Lipinski definition) is 3. The molecule has 2 aromatic carbocycles. The SMILES string of the molecule is Cc1cccc(C)c1-c1nc(N)c2cccc(C)c2n1. The predicted octanol–water partition coefficient (Wildman–Crippen LogP) is 3.80. The Hall–Kier alpha value is -2.42. The summed E-state index contributed by atoms with van der Waals surface area (Å²) in [6.07, 6.45) is 0. The summed E-state index contributed by atoms with van der Waals surface area (Å²) in [6, 6.07) is 12.2. The maximum atomic E-state index is 6.11. The van der Waals surface area contributed by atoms with E-state index >= 15 is 0 Å². The number of rotatable bonds is 1. The molecule has 0 radical (unpaired) electrons. The summed E-state index contributed by atoms with van der Waals surface area (Å²) < 4.78 is 0. The molecule has 100 valence electrons. The quantitative estimate of drug-likeness (QED) is 0.726. The summed E-state index contributed by atoms with van der Waals surface area (Å²) in [5, 5.41) is 0.917. The Kier molecular flexibility index (Phi) is 2.90. The zero-order valence-corrected chi connectivity index (χ0v) is 11.9. The van der Waals surface area contributed by atoms with E-state index < -0.39 is 0 Å². The van der Waals surface area contributed by atoms with Gasteiger partial charge in [-0.3, -0.25) is 0 Å². The summed E-state index contributed by atoms with van der Waals surface area (Å²) in [6.45, 7) is 6.19. The lowest BCUT2D eigenvalue weighted by Crippen LogP contribution is -2.01. The highest BCUT2D eigenvalue weighted by Gasteiger charge is 2.12. The Morgan fingerprint density at radius 1 is 0.800 bits per heavy atom. The van der Waals surface area contributed by atoms with Crippen molar-refractivity contribution in [2.75, 3.05) is 5.73 Å². The van der Waals surface area contributed by atoms with E-state index in [1.54, 1.807) is 0 Å². The lowest BCUT2D eigenvalue weighted by atomic mass is 10.0. The van der Waals surface area contributed by atoms with Crippen molar-refractivity contribution in [2.24, 2.45) is 0 Å². The zero-order valence-electron chi connectivity index (χ0n) is 11.9. The van der Waals surface area contributed by atoms with Gasteiger partial charge in [0.25, 0.3) is 0 Å². The van der Waals surface area contributed by atoms with Gasteiger partial charge >= 0.3 is 0 Å². The van der Waals surface area contributed by atoms with Gasteiger partial charge < -0.3 is 5.73 Å². The molecule has 3 rings (SSSR count). The van der Waals surface area contributed by atoms with Crippen molar-refractivity contribution in [1.82, 2.24) is 9.97 Å². The van der Waals surface area contributed by atoms with Crippen LogP contribution in [-0.4, -0.2) is 9.97 Å². The van der Waals surface area contributed by atoms with Gasteiger partial charge in [0.1, 0.15) is 5.82 Å². The van der Waals surface area contributed by atoms with Crippen LogP contribution in [0.5, 0.6) is 0 Å². The van der Waals surface area contributed by atoms with E-state index in [9.17, 15) is 0 Å². The van der Waals surface area contributed by atoms with Crippen LogP contribution in [0.2, 0.25) is 0 Å². The molecule has 0 amide bonds. The Labute approximate surface area is 118 Å². The Balaban J connectivity index is 2.36. The maximum absolute atomic E-state index is 6.11. The van der Waals surface area contributed by atoms with Crippen LogP contribution in [0.3, 0.4) is 0 Å². The fourth-order valence-corrected chi connectivity index (χ4v) is 2.60. The monoisotopic (exact) mass is 263 g/mol. The minimum absolute atomic E-state index is 0.538. The molecule has 0 atom stereocenters. The van der Waals surface area contributed by atoms with Gasteiger partial charge in [-0.1, -0.05) is 30.3 Å². The number of aromatic nitrogens is 2. The van der Waals surface area contributed by atoms with Gasteiger partial charge in [0.2, 0.25) is 0 Å². The highest BCUT2D eigenvalue weighted by atomic mass is 14.9. The van der Waals surface area contributed by atoms with Gasteiger partial charge in [0.05, 0.1) is 5.52 Å². The number of benzene rings is 2. The lowest BCUT2D eigenvalue weighted by molar-refractivity contribution is 1.20. The molecule has 0 unspecified atom stereocenters. The first kappa shape index (κ1) is 12.6. The van der Waals surface area contributed by atoms with Crippen LogP contribution in [0.15, 0.2) is 36.4 Å². The molecule has 0 saturated carbocycles. The average molecular weight is 263 g/mol. The van der Waals surface area contributed by atoms with Crippen molar-refractivity contribution in [3.05, 3.63) is 53.1 Å². The van der Waals surface area contributed by atoms with Gasteiger partial charge in [-0.2, -0.15) is 0 Å². The van der Waals surface area contributed by atoms with Crippen LogP contribution >= 0.6 is 0 Å². The van der Waals surface area contributed by atoms with Crippen molar-refractivity contribution in [3.63, 3.8) is 0 Å². The fourth-order valence-electron chi connectivity index (χ4n) is 2.60. The van der Waals surface area contributed by atoms with Crippen molar-refractivity contribution in [1.29, 1.82) is 0 Å². The molecule has 3 nitrogen and oxygen atoms in total. The third-order valence-corrected chi connectivity index (χ3v) is 3.66. The number of hydrogen-bond donors (Lipinski definition) is 1. The lowest BCUT2D eigenvalue weighted by Gasteiger charge is -2.11. The number of nitrogens with two attached hydrogens (primary N) is 1. The topological polar surface area (TPSA) is 51.8 Å². The molecule has 0 aliphatic carbocycles. The number of nitrogens with zero attached hydrogens (tertiary/aromatic N) is 2. The molecule has 0 aliphatic heterocycles. The molecule has 20 heavy (non-hydrogen) atoms. The summed E-state index contributed by atoms with van der Waals surface area (Å²) in [5.74, 6) is 1.25. The number of fused-ring (bicyclic) bond motifs is 1. The molecule has 3 heteroatoms. The smallest absolute Gasteiger partial charge is 0.162 e. The third kappa shape index (κ3) is 1.92. The first-order valence-corrected chi connectivity index (χ1v) is 6.67. The molecule has 2 N–H and O–H groups in total. The summed E-state index contributed by atoms with van der Waals surface area (Å²) in [4.78, 5) is 9.24. The van der Waals surface area contributed by atoms with Crippen LogP contribution in [-0.2, 0) is 0 Å². The van der Waals surface area contributed by atoms with Crippen LogP contribution in [0.25, 0.3) is 22.3 Å². The standard InChI is InChI=1S/C17H17N3/c1-10-6-4-7-11(2)14(10)17-19-15-12(3)8-5-9-13(15)16(18)20-17/h4-9H,1-3H3,(H2,18,19,20). The zero-order chi connectivity index (χ0) is 14.3. The minimum Gasteiger partial charge on any atom is -0.383 e. The predicted molar refractivity (Wildman–Crippen MR) is 83.6 cm³/mol. The molecule has 0 fully saturated rings. The summed E-state index contributed by atoms with van der Waals surface area (Å²) in [5.41, 5.74) is 11.6. The van der Waals surface area contributed by atoms with Crippen LogP contribution in [0, 0.1) is 20.8 Å². The van der Waals surface area contributed by atoms with Crippen molar-refractivity contribution in [2.45, 2.75) is 20.8 Å². The van der Waals surface area contributed by atoms with E-state index in [1.165, 1.54) is 0 Å². The van der Waals surface area contributed by atoms with Crippen molar-refractivity contribution in [3.8, 4) is 11.4 Å². The second-order valence-electron chi connectivity index (χ2n) is 5.17. The summed E-state index contributed by atoms with van der Waals surface area (Å²) >= 11 is 0. The normalized spacial score (nSPS) is 10.9. The Morgan fingerprint density at radius 2 is 1.40 bits per heavy atom. The first-order chi connectivity index (χ1) is 9.58. The Morgan fingerprint density at radius 3 is 2.10 bits per heavy atom. The highest BCUT2D eigenvalue weighted by Crippen LogP contribution is 2.28. The molecular formula is C17H17N3. The second kappa shape index (κ2) is 4.60. The van der Waals surface area contributed by atoms with Crippen LogP contribution in [0.1, 0.15) is 16.7 Å². The number of nitrogen functional groups attached to an aromatic ring is 1. The number of para-hydroxylation sites is 1. The highest BCUT2D eigenvalue weighted by molar-refractivity contribution is 5.91. The van der Waals surface area contributed by atoms with Gasteiger partial charge in [0.15, 0.2) is 5.82 Å². The first-order valence-electron chi connectivity index (χ1n) is 6.67. The molecule has 3 aromatic rings. The molecule has 1 aromatic heterocycles. The van der Waals surface area contributed by atoms with E-state index in [0.29, 0.717) is 11.6 Å². The van der Waals surface area contributed by atoms with E-state index in [1.807, 2.05) is 31.2 Å². The Bertz CT molecular complexity index is 786. The maximum Gasteiger partial charge on any atom is 0.162 e.